The van der Waals surface area contributed by atoms with Crippen molar-refractivity contribution < 1.29 is 29.3 Å². The molecule has 0 spiro atoms. The summed E-state index contributed by atoms with van der Waals surface area (Å²) in [5.41, 5.74) is 1.37. The topological polar surface area (TPSA) is 120 Å². The minimum Gasteiger partial charge on any atom is -0.477 e. The van der Waals surface area contributed by atoms with Gasteiger partial charge in [-0.15, -0.1) is 0 Å². The first-order chi connectivity index (χ1) is 14.2. The number of allylic oxidation sites excluding steroid dienone is 1. The first-order valence-corrected chi connectivity index (χ1v) is 9.91. The van der Waals surface area contributed by atoms with Crippen LogP contribution in [0.15, 0.2) is 40.6 Å². The maximum atomic E-state index is 12.4. The van der Waals surface area contributed by atoms with E-state index in [1.165, 1.54) is 11.0 Å². The maximum Gasteiger partial charge on any atom is 0.435 e. The first kappa shape index (κ1) is 21.8. The number of amidine groups is 1. The van der Waals surface area contributed by atoms with E-state index in [-0.39, 0.29) is 30.3 Å². The molecule has 3 rings (SSSR count). The van der Waals surface area contributed by atoms with Gasteiger partial charge in [0.15, 0.2) is 0 Å². The zero-order valence-corrected chi connectivity index (χ0v) is 17.4. The van der Waals surface area contributed by atoms with Crippen LogP contribution in [0.5, 0.6) is 0 Å². The van der Waals surface area contributed by atoms with Crippen LogP contribution in [0.25, 0.3) is 0 Å². The van der Waals surface area contributed by atoms with Gasteiger partial charge >= 0.3 is 12.1 Å². The van der Waals surface area contributed by atoms with Crippen molar-refractivity contribution in [1.29, 1.82) is 0 Å². The van der Waals surface area contributed by atoms with Gasteiger partial charge in [-0.1, -0.05) is 18.7 Å². The number of likely N-dealkylation sites (N-methyl/N-ethyl adjacent to an activating group) is 1. The molecule has 0 aliphatic carbocycles. The Labute approximate surface area is 175 Å². The minimum atomic E-state index is -1.15. The molecule has 2 saturated heterocycles. The van der Waals surface area contributed by atoms with E-state index in [4.69, 9.17) is 4.74 Å². The highest BCUT2D eigenvalue weighted by Crippen LogP contribution is 2.45. The van der Waals surface area contributed by atoms with Crippen LogP contribution in [-0.2, 0) is 14.3 Å². The van der Waals surface area contributed by atoms with Gasteiger partial charge in [-0.05, 0) is 37.8 Å². The second-order valence-electron chi connectivity index (χ2n) is 7.84. The summed E-state index contributed by atoms with van der Waals surface area (Å²) < 4.78 is 4.89. The van der Waals surface area contributed by atoms with Gasteiger partial charge in [0, 0.05) is 19.5 Å². The first-order valence-electron chi connectivity index (χ1n) is 9.91. The van der Waals surface area contributed by atoms with Gasteiger partial charge in [0.25, 0.3) is 0 Å². The molecule has 2 amide bonds. The number of fused-ring (bicyclic) bond motifs is 1. The molecule has 0 aromatic carbocycles. The molecule has 0 radical (unpaired) electrons. The summed E-state index contributed by atoms with van der Waals surface area (Å²) in [6, 6.07) is -0.380. The number of aliphatic hydroxyl groups is 1. The average Bonchev–Trinajstić information content (AvgIpc) is 3.19. The highest BCUT2D eigenvalue weighted by Gasteiger charge is 2.56. The molecule has 2 N–H and O–H groups in total. The molecule has 0 aromatic heterocycles. The number of amides is 2. The summed E-state index contributed by atoms with van der Waals surface area (Å²) in [7, 11) is 1.82. The Morgan fingerprint density at radius 2 is 2.13 bits per heavy atom. The van der Waals surface area contributed by atoms with Gasteiger partial charge in [0.05, 0.1) is 18.1 Å². The van der Waals surface area contributed by atoms with Crippen molar-refractivity contribution in [2.24, 2.45) is 10.9 Å². The van der Waals surface area contributed by atoms with E-state index in [1.54, 1.807) is 6.92 Å². The second kappa shape index (κ2) is 8.43. The number of nitrogens with zero attached hydrogens (tertiary/aromatic N) is 3. The molecule has 0 aromatic rings. The van der Waals surface area contributed by atoms with E-state index in [9.17, 15) is 24.6 Å². The number of β-lactam (4-membered cyclic amide) rings is 1. The van der Waals surface area contributed by atoms with Crippen molar-refractivity contribution >= 4 is 23.8 Å². The summed E-state index contributed by atoms with van der Waals surface area (Å²) in [6.07, 6.45) is 3.64. The number of aliphatic imine (C=N–C) groups is 1. The standard InChI is InChI=1S/C21H27N3O6/c1-5-8-30-21(29)22-16-7-6-13(23(16)4)9-11(2)14-10-15-17(12(3)25)19(26)24(15)18(14)20(27)28/h5,9,12-13,15,17,25H,1,6-8,10H2,2-4H3,(H,27,28)/t12-,13+,15-,17-/m1/s1. The van der Waals surface area contributed by atoms with Crippen LogP contribution in [-0.4, -0.2) is 75.7 Å². The predicted octanol–water partition coefficient (Wildman–Crippen LogP) is 1.70. The molecule has 0 saturated carbocycles. The third-order valence-corrected chi connectivity index (χ3v) is 5.96. The summed E-state index contributed by atoms with van der Waals surface area (Å²) >= 11 is 0. The SMILES string of the molecule is C=CCOC(=O)N=C1CC[C@@H](C=C(C)C2=C(C(=O)O)N3C(=O)[C@H]([C@@H](C)O)[C@H]3C2)N1C. The largest absolute Gasteiger partial charge is 0.477 e. The lowest BCUT2D eigenvalue weighted by Crippen LogP contribution is -2.61. The average molecular weight is 417 g/mol. The Morgan fingerprint density at radius 1 is 1.43 bits per heavy atom. The summed E-state index contributed by atoms with van der Waals surface area (Å²) in [4.78, 5) is 43.1. The number of aliphatic carboxylic acids is 1. The van der Waals surface area contributed by atoms with E-state index in [2.05, 4.69) is 11.6 Å². The van der Waals surface area contributed by atoms with Crippen LogP contribution in [0.1, 0.15) is 33.1 Å². The van der Waals surface area contributed by atoms with Crippen LogP contribution in [0, 0.1) is 5.92 Å². The van der Waals surface area contributed by atoms with Crippen LogP contribution in [0.2, 0.25) is 0 Å². The Balaban J connectivity index is 1.79. The van der Waals surface area contributed by atoms with E-state index >= 15 is 0 Å². The molecular formula is C21H27N3O6. The third-order valence-electron chi connectivity index (χ3n) is 5.96. The molecule has 9 nitrogen and oxygen atoms in total. The number of carbonyl (C=O) groups excluding carboxylic acids is 2. The van der Waals surface area contributed by atoms with Crippen molar-refractivity contribution in [2.45, 2.75) is 51.3 Å². The van der Waals surface area contributed by atoms with Crippen LogP contribution < -0.4 is 0 Å². The molecular weight excluding hydrogens is 390 g/mol. The lowest BCUT2D eigenvalue weighted by atomic mass is 9.82. The number of likely N-dealkylation sites (tertiary alicyclic amines) is 1. The molecule has 3 heterocycles. The zero-order chi connectivity index (χ0) is 22.2. The van der Waals surface area contributed by atoms with Crippen molar-refractivity contribution in [1.82, 2.24) is 9.80 Å². The van der Waals surface area contributed by atoms with Crippen LogP contribution in [0.3, 0.4) is 0 Å². The van der Waals surface area contributed by atoms with Crippen molar-refractivity contribution in [3.8, 4) is 0 Å². The number of hydrogen-bond donors (Lipinski definition) is 2. The van der Waals surface area contributed by atoms with Crippen LogP contribution in [0.4, 0.5) is 4.79 Å². The number of hydrogen-bond acceptors (Lipinski definition) is 5. The van der Waals surface area contributed by atoms with Gasteiger partial charge in [-0.3, -0.25) is 4.79 Å². The van der Waals surface area contributed by atoms with E-state index in [1.807, 2.05) is 24.9 Å². The number of carboxylic acids is 1. The van der Waals surface area contributed by atoms with E-state index in [0.717, 1.165) is 12.0 Å². The van der Waals surface area contributed by atoms with Crippen molar-refractivity contribution in [2.75, 3.05) is 13.7 Å². The van der Waals surface area contributed by atoms with E-state index < -0.39 is 24.1 Å². The smallest absolute Gasteiger partial charge is 0.435 e. The second-order valence-corrected chi connectivity index (χ2v) is 7.84. The Hall–Kier alpha value is -2.94. The van der Waals surface area contributed by atoms with Gasteiger partial charge in [0.2, 0.25) is 5.91 Å². The highest BCUT2D eigenvalue weighted by atomic mass is 16.5. The zero-order valence-electron chi connectivity index (χ0n) is 17.4. The third kappa shape index (κ3) is 3.77. The Kier molecular flexibility index (Phi) is 6.12. The van der Waals surface area contributed by atoms with Gasteiger partial charge in [0.1, 0.15) is 18.1 Å². The molecule has 4 atom stereocenters. The number of carbonyl (C=O) groups is 3. The lowest BCUT2D eigenvalue weighted by molar-refractivity contribution is -0.161. The lowest BCUT2D eigenvalue weighted by Gasteiger charge is -2.44. The number of aliphatic hydroxyl groups excluding tert-OH is 1. The Morgan fingerprint density at radius 3 is 2.73 bits per heavy atom. The molecule has 30 heavy (non-hydrogen) atoms. The van der Waals surface area contributed by atoms with Gasteiger partial charge in [-0.25, -0.2) is 9.59 Å². The molecule has 2 fully saturated rings. The number of carboxylic acid groups (broad SMARTS) is 1. The minimum absolute atomic E-state index is 0.00167. The number of rotatable bonds is 6. The molecule has 162 valence electrons. The summed E-state index contributed by atoms with van der Waals surface area (Å²) in [5.74, 6) is -1.46. The monoisotopic (exact) mass is 417 g/mol. The quantitative estimate of drug-likeness (QED) is 0.498. The highest BCUT2D eigenvalue weighted by molar-refractivity contribution is 6.00. The van der Waals surface area contributed by atoms with Gasteiger partial charge in [-0.2, -0.15) is 4.99 Å². The molecule has 0 bridgehead atoms. The molecule has 3 aliphatic rings. The normalized spacial score (nSPS) is 28.5. The summed E-state index contributed by atoms with van der Waals surface area (Å²) in [5, 5.41) is 19.6. The molecule has 3 aliphatic heterocycles. The van der Waals surface area contributed by atoms with Crippen LogP contribution >= 0.6 is 0 Å². The summed E-state index contributed by atoms with van der Waals surface area (Å²) in [6.45, 7) is 6.96. The van der Waals surface area contributed by atoms with Crippen molar-refractivity contribution in [3.63, 3.8) is 0 Å². The molecule has 0 unspecified atom stereocenters. The Bertz CT molecular complexity index is 872. The fourth-order valence-corrected chi connectivity index (χ4v) is 4.45. The predicted molar refractivity (Wildman–Crippen MR) is 109 cm³/mol. The fraction of sp³-hybridized carbons (Fsp3) is 0.524. The fourth-order valence-electron chi connectivity index (χ4n) is 4.45. The van der Waals surface area contributed by atoms with Gasteiger partial charge < -0.3 is 24.7 Å². The van der Waals surface area contributed by atoms with E-state index in [0.29, 0.717) is 24.3 Å². The maximum absolute atomic E-state index is 12.4. The number of ether oxygens (including phenoxy) is 1. The van der Waals surface area contributed by atoms with Crippen molar-refractivity contribution in [3.05, 3.63) is 35.6 Å². The molecule has 9 heteroatoms.